The Bertz CT molecular complexity index is 977. The second-order valence-corrected chi connectivity index (χ2v) is 7.04. The monoisotopic (exact) mass is 513 g/mol. The summed E-state index contributed by atoms with van der Waals surface area (Å²) in [5, 5.41) is 27.1. The van der Waals surface area contributed by atoms with Gasteiger partial charge in [0.15, 0.2) is 0 Å². The first-order chi connectivity index (χ1) is 17.0. The van der Waals surface area contributed by atoms with Crippen molar-refractivity contribution in [3.63, 3.8) is 0 Å². The minimum atomic E-state index is -5.08. The molecule has 11 nitrogen and oxygen atoms in total. The van der Waals surface area contributed by atoms with E-state index in [0.717, 1.165) is 5.82 Å². The van der Waals surface area contributed by atoms with Crippen LogP contribution < -0.4 is 21.3 Å². The number of carbonyl (C=O) groups is 4. The molecule has 6 N–H and O–H groups in total. The first kappa shape index (κ1) is 29.7. The van der Waals surface area contributed by atoms with Gasteiger partial charge in [-0.3, -0.25) is 9.59 Å². The van der Waals surface area contributed by atoms with Gasteiger partial charge in [0, 0.05) is 19.3 Å². The molecule has 0 aliphatic carbocycles. The molecule has 0 bridgehead atoms. The van der Waals surface area contributed by atoms with Crippen molar-refractivity contribution in [2.45, 2.75) is 25.1 Å². The van der Waals surface area contributed by atoms with E-state index in [2.05, 4.69) is 26.3 Å². The molecule has 1 heterocycles. The quantitative estimate of drug-likeness (QED) is 0.248. The number of anilines is 1. The predicted octanol–water partition coefficient (Wildman–Crippen LogP) is 2.15. The van der Waals surface area contributed by atoms with E-state index in [4.69, 9.17) is 15.0 Å². The van der Waals surface area contributed by atoms with Crippen molar-refractivity contribution >= 4 is 29.7 Å². The van der Waals surface area contributed by atoms with Gasteiger partial charge in [-0.1, -0.05) is 36.4 Å². The lowest BCUT2D eigenvalue weighted by atomic mass is 10.0. The Hall–Kier alpha value is -4.36. The molecule has 0 spiro atoms. The number of carboxylic acids is 2. The van der Waals surface area contributed by atoms with Gasteiger partial charge in [0.1, 0.15) is 5.82 Å². The summed E-state index contributed by atoms with van der Waals surface area (Å²) in [5.41, 5.74) is 0.688. The van der Waals surface area contributed by atoms with Crippen LogP contribution in [0.2, 0.25) is 0 Å². The van der Waals surface area contributed by atoms with Gasteiger partial charge >= 0.3 is 24.1 Å². The number of hydrogen-bond acceptors (Lipinski definition) is 6. The molecule has 0 radical (unpaired) electrons. The van der Waals surface area contributed by atoms with Gasteiger partial charge in [-0.15, -0.1) is 0 Å². The van der Waals surface area contributed by atoms with Gasteiger partial charge in [0.05, 0.1) is 19.0 Å². The average Bonchev–Trinajstić information content (AvgIpc) is 2.83. The maximum atomic E-state index is 12.1. The number of pyridine rings is 1. The van der Waals surface area contributed by atoms with E-state index in [1.807, 2.05) is 18.2 Å². The van der Waals surface area contributed by atoms with Gasteiger partial charge in [0.2, 0.25) is 5.91 Å². The van der Waals surface area contributed by atoms with E-state index in [0.29, 0.717) is 25.1 Å². The Morgan fingerprint density at radius 1 is 0.917 bits per heavy atom. The largest absolute Gasteiger partial charge is 0.490 e. The Kier molecular flexibility index (Phi) is 12.8. The lowest BCUT2D eigenvalue weighted by Gasteiger charge is -2.17. The summed E-state index contributed by atoms with van der Waals surface area (Å²) in [6.07, 6.45) is -2.95. The zero-order valence-corrected chi connectivity index (χ0v) is 18.9. The van der Waals surface area contributed by atoms with Gasteiger partial charge in [0.25, 0.3) is 0 Å². The first-order valence-corrected chi connectivity index (χ1v) is 10.5. The van der Waals surface area contributed by atoms with Crippen molar-refractivity contribution in [3.8, 4) is 0 Å². The number of aromatic nitrogens is 1. The van der Waals surface area contributed by atoms with Crippen LogP contribution in [0, 0.1) is 0 Å². The number of benzene rings is 1. The Labute approximate surface area is 204 Å². The molecule has 1 unspecified atom stereocenters. The molecule has 0 fully saturated rings. The molecule has 36 heavy (non-hydrogen) atoms. The van der Waals surface area contributed by atoms with Gasteiger partial charge in [-0.2, -0.15) is 13.2 Å². The third-order valence-electron chi connectivity index (χ3n) is 4.18. The molecule has 2 rings (SSSR count). The van der Waals surface area contributed by atoms with Gasteiger partial charge in [-0.05, 0) is 24.1 Å². The fourth-order valence-corrected chi connectivity index (χ4v) is 2.55. The molecule has 0 aliphatic rings. The number of hydrogen-bond donors (Lipinski definition) is 6. The predicted molar refractivity (Wildman–Crippen MR) is 122 cm³/mol. The van der Waals surface area contributed by atoms with Crippen molar-refractivity contribution in [1.29, 1.82) is 0 Å². The number of rotatable bonds is 11. The van der Waals surface area contributed by atoms with Crippen LogP contribution >= 0.6 is 0 Å². The first-order valence-electron chi connectivity index (χ1n) is 10.5. The Morgan fingerprint density at radius 3 is 2.11 bits per heavy atom. The molecule has 0 aliphatic heterocycles. The fraction of sp³-hybridized carbons (Fsp3) is 0.318. The van der Waals surface area contributed by atoms with Crippen LogP contribution in [0.4, 0.5) is 23.8 Å². The fourth-order valence-electron chi connectivity index (χ4n) is 2.55. The van der Waals surface area contributed by atoms with Crippen molar-refractivity contribution < 1.29 is 42.6 Å². The number of carbonyl (C=O) groups excluding carboxylic acids is 2. The molecular formula is C22H26F3N5O6. The third kappa shape index (κ3) is 13.4. The molecule has 1 aromatic carbocycles. The summed E-state index contributed by atoms with van der Waals surface area (Å²) in [6, 6.07) is 13.3. The van der Waals surface area contributed by atoms with Crippen LogP contribution in [0.5, 0.6) is 0 Å². The highest BCUT2D eigenvalue weighted by Gasteiger charge is 2.38. The summed E-state index contributed by atoms with van der Waals surface area (Å²) in [6.45, 7) is 0.825. The lowest BCUT2D eigenvalue weighted by Crippen LogP contribution is -2.43. The third-order valence-corrected chi connectivity index (χ3v) is 4.18. The smallest absolute Gasteiger partial charge is 0.481 e. The molecule has 1 aromatic heterocycles. The van der Waals surface area contributed by atoms with Crippen LogP contribution in [0.25, 0.3) is 0 Å². The van der Waals surface area contributed by atoms with E-state index in [1.165, 1.54) is 0 Å². The van der Waals surface area contributed by atoms with Crippen molar-refractivity contribution in [2.75, 3.05) is 25.0 Å². The minimum Gasteiger partial charge on any atom is -0.481 e. The molecule has 2 aromatic rings. The SMILES string of the molecule is O=C(O)C(F)(F)F.O=C(O)CC(NC(=O)CNC(=O)NCCCNc1ccccn1)c1ccccc1. The summed E-state index contributed by atoms with van der Waals surface area (Å²) in [7, 11) is 0. The highest BCUT2D eigenvalue weighted by atomic mass is 19.4. The van der Waals surface area contributed by atoms with Crippen molar-refractivity contribution in [3.05, 3.63) is 60.3 Å². The maximum absolute atomic E-state index is 12.1. The molecule has 1 atom stereocenters. The van der Waals surface area contributed by atoms with Crippen LogP contribution in [0.1, 0.15) is 24.4 Å². The summed E-state index contributed by atoms with van der Waals surface area (Å²) in [5.74, 6) is -3.48. The summed E-state index contributed by atoms with van der Waals surface area (Å²) in [4.78, 5) is 47.9. The van der Waals surface area contributed by atoms with Crippen LogP contribution in [-0.4, -0.2) is 64.9 Å². The molecule has 196 valence electrons. The number of urea groups is 1. The molecule has 0 saturated heterocycles. The number of halogens is 3. The van der Waals surface area contributed by atoms with E-state index >= 15 is 0 Å². The number of amides is 3. The summed E-state index contributed by atoms with van der Waals surface area (Å²) >= 11 is 0. The number of aliphatic carboxylic acids is 2. The average molecular weight is 513 g/mol. The number of nitrogens with zero attached hydrogens (tertiary/aromatic N) is 1. The van der Waals surface area contributed by atoms with E-state index in [-0.39, 0.29) is 13.0 Å². The Balaban J connectivity index is 0.000000809. The maximum Gasteiger partial charge on any atom is 0.490 e. The number of carboxylic acid groups (broad SMARTS) is 2. The molecule has 3 amide bonds. The van der Waals surface area contributed by atoms with Crippen LogP contribution in [0.3, 0.4) is 0 Å². The topological polar surface area (TPSA) is 170 Å². The lowest BCUT2D eigenvalue weighted by molar-refractivity contribution is -0.192. The second-order valence-electron chi connectivity index (χ2n) is 7.04. The molecule has 0 saturated carbocycles. The zero-order chi connectivity index (χ0) is 27.0. The molecular weight excluding hydrogens is 487 g/mol. The van der Waals surface area contributed by atoms with Crippen molar-refractivity contribution in [1.82, 2.24) is 20.9 Å². The Morgan fingerprint density at radius 2 is 1.56 bits per heavy atom. The van der Waals surface area contributed by atoms with Crippen LogP contribution in [0.15, 0.2) is 54.7 Å². The highest BCUT2D eigenvalue weighted by Crippen LogP contribution is 2.16. The van der Waals surface area contributed by atoms with Crippen molar-refractivity contribution in [2.24, 2.45) is 0 Å². The minimum absolute atomic E-state index is 0.245. The second kappa shape index (κ2) is 15.5. The number of nitrogens with one attached hydrogen (secondary N) is 4. The van der Waals surface area contributed by atoms with E-state index in [9.17, 15) is 27.6 Å². The zero-order valence-electron chi connectivity index (χ0n) is 18.9. The van der Waals surface area contributed by atoms with Gasteiger partial charge < -0.3 is 31.5 Å². The van der Waals surface area contributed by atoms with E-state index in [1.54, 1.807) is 36.5 Å². The standard InChI is InChI=1S/C20H25N5O4.C2HF3O2/c26-18(25-16(13-19(27)28)15-7-2-1-3-8-15)14-24-20(29)23-12-6-11-22-17-9-4-5-10-21-17;3-2(4,5)1(6)7/h1-5,7-10,16H,6,11-14H2,(H,21,22)(H,25,26)(H,27,28)(H2,23,24,29);(H,6,7). The van der Waals surface area contributed by atoms with Crippen LogP contribution in [-0.2, 0) is 14.4 Å². The van der Waals surface area contributed by atoms with Gasteiger partial charge in [-0.25, -0.2) is 14.6 Å². The highest BCUT2D eigenvalue weighted by molar-refractivity contribution is 5.84. The number of alkyl halides is 3. The normalized spacial score (nSPS) is 11.2. The summed E-state index contributed by atoms with van der Waals surface area (Å²) < 4.78 is 31.7. The van der Waals surface area contributed by atoms with E-state index < -0.39 is 36.1 Å². The molecule has 14 heteroatoms.